The zero-order valence-electron chi connectivity index (χ0n) is 16.1. The molecule has 0 radical (unpaired) electrons. The fourth-order valence-electron chi connectivity index (χ4n) is 2.84. The number of amides is 1. The summed E-state index contributed by atoms with van der Waals surface area (Å²) >= 11 is 0. The van der Waals surface area contributed by atoms with E-state index in [2.05, 4.69) is 5.32 Å². The first-order valence-electron chi connectivity index (χ1n) is 8.52. The molecule has 1 amide bonds. The van der Waals surface area contributed by atoms with E-state index < -0.39 is 33.9 Å². The summed E-state index contributed by atoms with van der Waals surface area (Å²) in [4.78, 5) is 35.3. The Balaban J connectivity index is 2.58. The smallest absolute Gasteiger partial charge is 0.326 e. The van der Waals surface area contributed by atoms with Crippen LogP contribution in [0.1, 0.15) is 31.1 Å². The second-order valence-corrected chi connectivity index (χ2v) is 7.28. The van der Waals surface area contributed by atoms with Crippen LogP contribution in [0.4, 0.5) is 5.69 Å². The fraction of sp³-hybridized carbons (Fsp3) is 0.300. The van der Waals surface area contributed by atoms with Gasteiger partial charge in [-0.2, -0.15) is 0 Å². The van der Waals surface area contributed by atoms with Crippen LogP contribution >= 0.6 is 0 Å². The third-order valence-electron chi connectivity index (χ3n) is 4.24. The van der Waals surface area contributed by atoms with Crippen LogP contribution in [0.3, 0.4) is 0 Å². The highest BCUT2D eigenvalue weighted by atomic mass is 16.6. The summed E-state index contributed by atoms with van der Waals surface area (Å²) in [5, 5.41) is 23.5. The predicted molar refractivity (Wildman–Crippen MR) is 103 cm³/mol. The fourth-order valence-corrected chi connectivity index (χ4v) is 2.84. The van der Waals surface area contributed by atoms with Gasteiger partial charge in [0, 0.05) is 5.56 Å². The number of carbonyl (C=O) groups excluding carboxylic acids is 1. The number of aliphatic carboxylic acids is 1. The maximum atomic E-state index is 12.7. The number of carbonyl (C=O) groups is 2. The number of benzene rings is 2. The Labute approximate surface area is 162 Å². The molecular formula is C20H22N2O6. The van der Waals surface area contributed by atoms with Crippen molar-refractivity contribution in [2.75, 3.05) is 7.11 Å². The average Bonchev–Trinajstić information content (AvgIpc) is 2.63. The van der Waals surface area contributed by atoms with Crippen LogP contribution in [0.2, 0.25) is 0 Å². The van der Waals surface area contributed by atoms with Gasteiger partial charge in [0.15, 0.2) is 0 Å². The predicted octanol–water partition coefficient (Wildman–Crippen LogP) is 3.50. The molecule has 0 heterocycles. The van der Waals surface area contributed by atoms with E-state index in [1.54, 1.807) is 51.1 Å². The van der Waals surface area contributed by atoms with Crippen molar-refractivity contribution in [3.63, 3.8) is 0 Å². The summed E-state index contributed by atoms with van der Waals surface area (Å²) in [6.45, 7) is 4.96. The summed E-state index contributed by atoms with van der Waals surface area (Å²) in [6.07, 6.45) is 0. The lowest BCUT2D eigenvalue weighted by Crippen LogP contribution is -2.49. The molecule has 0 aliphatic carbocycles. The van der Waals surface area contributed by atoms with Gasteiger partial charge in [-0.1, -0.05) is 51.1 Å². The molecule has 2 N–H and O–H groups in total. The van der Waals surface area contributed by atoms with Crippen molar-refractivity contribution >= 4 is 17.6 Å². The molecule has 0 bridgehead atoms. The van der Waals surface area contributed by atoms with Crippen molar-refractivity contribution in [3.05, 3.63) is 58.1 Å². The van der Waals surface area contributed by atoms with E-state index in [0.29, 0.717) is 11.1 Å². The minimum absolute atomic E-state index is 0.0634. The summed E-state index contributed by atoms with van der Waals surface area (Å²) < 4.78 is 5.26. The van der Waals surface area contributed by atoms with Crippen LogP contribution in [-0.4, -0.2) is 35.1 Å². The molecule has 0 spiro atoms. The first-order chi connectivity index (χ1) is 13.1. The number of nitro benzene ring substituents is 1. The van der Waals surface area contributed by atoms with Crippen LogP contribution in [0.15, 0.2) is 42.5 Å². The van der Waals surface area contributed by atoms with E-state index >= 15 is 0 Å². The van der Waals surface area contributed by atoms with Crippen molar-refractivity contribution in [3.8, 4) is 16.9 Å². The topological polar surface area (TPSA) is 119 Å². The zero-order valence-corrected chi connectivity index (χ0v) is 16.1. The van der Waals surface area contributed by atoms with Gasteiger partial charge in [0.2, 0.25) is 5.75 Å². The van der Waals surface area contributed by atoms with Gasteiger partial charge >= 0.3 is 11.7 Å². The second-order valence-electron chi connectivity index (χ2n) is 7.28. The highest BCUT2D eigenvalue weighted by Crippen LogP contribution is 2.40. The number of hydrogen-bond acceptors (Lipinski definition) is 5. The van der Waals surface area contributed by atoms with Gasteiger partial charge in [0.25, 0.3) is 5.91 Å². The molecule has 2 aromatic rings. The molecule has 0 unspecified atom stereocenters. The zero-order chi connectivity index (χ0) is 21.1. The van der Waals surface area contributed by atoms with E-state index in [0.717, 1.165) is 0 Å². The monoisotopic (exact) mass is 386 g/mol. The average molecular weight is 386 g/mol. The summed E-state index contributed by atoms with van der Waals surface area (Å²) in [5.41, 5.74) is -0.425. The lowest BCUT2D eigenvalue weighted by atomic mass is 9.86. The number of hydrogen-bond donors (Lipinski definition) is 2. The number of methoxy groups -OCH3 is 1. The third kappa shape index (κ3) is 4.28. The van der Waals surface area contributed by atoms with Crippen molar-refractivity contribution in [2.45, 2.75) is 26.8 Å². The first kappa shape index (κ1) is 20.9. The Morgan fingerprint density at radius 3 is 2.21 bits per heavy atom. The number of nitrogens with one attached hydrogen (secondary N) is 1. The molecule has 8 nitrogen and oxygen atoms in total. The molecule has 1 atom stereocenters. The van der Waals surface area contributed by atoms with Crippen LogP contribution in [0.5, 0.6) is 5.75 Å². The summed E-state index contributed by atoms with van der Waals surface area (Å²) in [7, 11) is 1.28. The van der Waals surface area contributed by atoms with Crippen LogP contribution in [0.25, 0.3) is 11.1 Å². The van der Waals surface area contributed by atoms with Gasteiger partial charge in [-0.25, -0.2) is 4.79 Å². The Morgan fingerprint density at radius 1 is 1.14 bits per heavy atom. The normalized spacial score (nSPS) is 12.1. The summed E-state index contributed by atoms with van der Waals surface area (Å²) in [6, 6.07) is 10.5. The minimum atomic E-state index is -1.23. The number of nitro groups is 1. The van der Waals surface area contributed by atoms with Crippen LogP contribution < -0.4 is 10.1 Å². The molecule has 8 heteroatoms. The van der Waals surface area contributed by atoms with Crippen molar-refractivity contribution < 1.29 is 24.4 Å². The highest BCUT2D eigenvalue weighted by molar-refractivity contribution is 6.02. The molecule has 0 fully saturated rings. The molecule has 0 saturated carbocycles. The van der Waals surface area contributed by atoms with Crippen molar-refractivity contribution in [1.82, 2.24) is 5.32 Å². The Morgan fingerprint density at radius 2 is 1.75 bits per heavy atom. The van der Waals surface area contributed by atoms with Crippen LogP contribution in [-0.2, 0) is 4.79 Å². The Bertz CT molecular complexity index is 903. The molecule has 28 heavy (non-hydrogen) atoms. The molecule has 0 aliphatic rings. The second kappa shape index (κ2) is 8.08. The number of rotatable bonds is 6. The molecule has 2 rings (SSSR count). The molecular weight excluding hydrogens is 364 g/mol. The lowest BCUT2D eigenvalue weighted by Gasteiger charge is -2.27. The number of carboxylic acid groups (broad SMARTS) is 1. The molecule has 2 aromatic carbocycles. The van der Waals surface area contributed by atoms with Gasteiger partial charge in [0.1, 0.15) is 11.6 Å². The SMILES string of the molecule is COc1c(-c2ccccc2)ccc(C(=O)N[C@H](C(=O)O)C(C)(C)C)c1[N+](=O)[O-]. The van der Waals surface area contributed by atoms with Gasteiger partial charge in [0.05, 0.1) is 12.0 Å². The quantitative estimate of drug-likeness (QED) is 0.579. The van der Waals surface area contributed by atoms with Gasteiger partial charge < -0.3 is 15.2 Å². The summed E-state index contributed by atoms with van der Waals surface area (Å²) in [5.74, 6) is -2.14. The van der Waals surface area contributed by atoms with Gasteiger partial charge in [-0.05, 0) is 23.1 Å². The van der Waals surface area contributed by atoms with Gasteiger partial charge in [-0.3, -0.25) is 14.9 Å². The van der Waals surface area contributed by atoms with Crippen molar-refractivity contribution in [2.24, 2.45) is 5.41 Å². The third-order valence-corrected chi connectivity index (χ3v) is 4.24. The Hall–Kier alpha value is -3.42. The first-order valence-corrected chi connectivity index (χ1v) is 8.52. The molecule has 0 aliphatic heterocycles. The molecule has 148 valence electrons. The minimum Gasteiger partial charge on any atom is -0.490 e. The van der Waals surface area contributed by atoms with E-state index in [4.69, 9.17) is 4.74 Å². The van der Waals surface area contributed by atoms with Crippen LogP contribution in [0, 0.1) is 15.5 Å². The largest absolute Gasteiger partial charge is 0.490 e. The van der Waals surface area contributed by atoms with E-state index in [9.17, 15) is 24.8 Å². The van der Waals surface area contributed by atoms with E-state index in [1.165, 1.54) is 13.2 Å². The number of nitrogens with zero attached hydrogens (tertiary/aromatic N) is 1. The van der Waals surface area contributed by atoms with Crippen molar-refractivity contribution in [1.29, 1.82) is 0 Å². The maximum Gasteiger partial charge on any atom is 0.326 e. The van der Waals surface area contributed by atoms with Gasteiger partial charge in [-0.15, -0.1) is 0 Å². The van der Waals surface area contributed by atoms with E-state index in [-0.39, 0.29) is 11.3 Å². The Kier molecular flexibility index (Phi) is 6.03. The lowest BCUT2D eigenvalue weighted by molar-refractivity contribution is -0.386. The highest BCUT2D eigenvalue weighted by Gasteiger charge is 2.35. The van der Waals surface area contributed by atoms with E-state index in [1.807, 2.05) is 6.07 Å². The molecule has 0 aromatic heterocycles. The number of ether oxygens (including phenoxy) is 1. The number of carboxylic acids is 1. The standard InChI is InChI=1S/C20H22N2O6/c1-20(2,3)17(19(24)25)21-18(23)14-11-10-13(12-8-6-5-7-9-12)16(28-4)15(14)22(26)27/h5-11,17H,1-4H3,(H,21,23)(H,24,25)/t17-/m1/s1. The molecule has 0 saturated heterocycles. The maximum absolute atomic E-state index is 12.7.